The van der Waals surface area contributed by atoms with Crippen LogP contribution < -0.4 is 10.6 Å². The molecule has 0 radical (unpaired) electrons. The maximum absolute atomic E-state index is 11.6. The van der Waals surface area contributed by atoms with Gasteiger partial charge in [-0.25, -0.2) is 14.4 Å². The lowest BCUT2D eigenvalue weighted by Crippen LogP contribution is -2.44. The molecule has 8 nitrogen and oxygen atoms in total. The third kappa shape index (κ3) is 6.02. The molecule has 0 aromatic rings. The molecule has 1 aliphatic carbocycles. The maximum Gasteiger partial charge on any atom is 0.413 e. The second-order valence-electron chi connectivity index (χ2n) is 4.86. The van der Waals surface area contributed by atoms with Crippen molar-refractivity contribution in [1.29, 1.82) is 0 Å². The average molecular weight is 314 g/mol. The lowest BCUT2D eigenvalue weighted by Gasteiger charge is -2.28. The largest absolute Gasteiger partial charge is 0.460 e. The smallest absolute Gasteiger partial charge is 0.413 e. The third-order valence-electron chi connectivity index (χ3n) is 3.28. The van der Waals surface area contributed by atoms with E-state index < -0.39 is 18.2 Å². The van der Waals surface area contributed by atoms with Crippen LogP contribution in [0.15, 0.2) is 12.3 Å². The average Bonchev–Trinajstić information content (AvgIpc) is 2.49. The third-order valence-corrected chi connectivity index (χ3v) is 3.28. The first-order chi connectivity index (χ1) is 10.5. The molecule has 1 rings (SSSR count). The first-order valence-corrected chi connectivity index (χ1v) is 7.15. The molecule has 0 aliphatic heterocycles. The highest BCUT2D eigenvalue weighted by Gasteiger charge is 2.25. The zero-order chi connectivity index (χ0) is 16.5. The topological polar surface area (TPSA) is 103 Å². The Kier molecular flexibility index (Phi) is 7.21. The van der Waals surface area contributed by atoms with Crippen molar-refractivity contribution in [3.8, 4) is 0 Å². The van der Waals surface area contributed by atoms with Gasteiger partial charge in [-0.2, -0.15) is 0 Å². The predicted molar refractivity (Wildman–Crippen MR) is 77.0 cm³/mol. The van der Waals surface area contributed by atoms with Crippen molar-refractivity contribution >= 4 is 18.2 Å². The fraction of sp³-hybridized carbons (Fsp3) is 0.643. The minimum atomic E-state index is -0.761. The second-order valence-corrected chi connectivity index (χ2v) is 4.86. The number of alkyl carbamates (subject to hydrolysis) is 2. The van der Waals surface area contributed by atoms with Gasteiger partial charge in [0.25, 0.3) is 0 Å². The van der Waals surface area contributed by atoms with E-state index in [9.17, 15) is 14.4 Å². The summed E-state index contributed by atoms with van der Waals surface area (Å²) in [5.74, 6) is -1.11. The Labute approximate surface area is 129 Å². The van der Waals surface area contributed by atoms with Crippen molar-refractivity contribution in [1.82, 2.24) is 10.6 Å². The molecular formula is C14H22N2O6. The summed E-state index contributed by atoms with van der Waals surface area (Å²) in [5, 5.41) is 5.38. The monoisotopic (exact) mass is 314 g/mol. The van der Waals surface area contributed by atoms with Gasteiger partial charge in [-0.05, 0) is 39.2 Å². The van der Waals surface area contributed by atoms with Crippen molar-refractivity contribution in [2.75, 3.05) is 13.7 Å². The zero-order valence-corrected chi connectivity index (χ0v) is 12.8. The fourth-order valence-electron chi connectivity index (χ4n) is 2.17. The van der Waals surface area contributed by atoms with Crippen LogP contribution in [0.3, 0.4) is 0 Å². The number of carbonyl (C=O) groups excluding carboxylic acids is 3. The number of nitrogens with one attached hydrogen (secondary N) is 2. The summed E-state index contributed by atoms with van der Waals surface area (Å²) < 4.78 is 14.0. The number of esters is 1. The lowest BCUT2D eigenvalue weighted by molar-refractivity contribution is -0.141. The molecule has 0 unspecified atom stereocenters. The van der Waals surface area contributed by atoms with Crippen molar-refractivity contribution in [3.63, 3.8) is 0 Å². The Morgan fingerprint density at radius 3 is 2.00 bits per heavy atom. The molecule has 8 heteroatoms. The highest BCUT2D eigenvalue weighted by molar-refractivity contribution is 5.88. The molecule has 2 amide bonds. The van der Waals surface area contributed by atoms with Crippen LogP contribution >= 0.6 is 0 Å². The Morgan fingerprint density at radius 2 is 1.55 bits per heavy atom. The zero-order valence-electron chi connectivity index (χ0n) is 12.8. The number of hydrogen-bond acceptors (Lipinski definition) is 6. The van der Waals surface area contributed by atoms with Crippen LogP contribution in [0, 0.1) is 0 Å². The van der Waals surface area contributed by atoms with E-state index in [-0.39, 0.29) is 24.4 Å². The molecule has 0 aromatic heterocycles. The first-order valence-electron chi connectivity index (χ1n) is 7.15. The molecule has 0 bridgehead atoms. The number of hydrogen-bond donors (Lipinski definition) is 2. The fourth-order valence-corrected chi connectivity index (χ4v) is 2.17. The van der Waals surface area contributed by atoms with E-state index in [0.717, 1.165) is 12.8 Å². The number of carbonyl (C=O) groups is 3. The van der Waals surface area contributed by atoms with E-state index in [1.165, 1.54) is 7.11 Å². The van der Waals surface area contributed by atoms with E-state index in [2.05, 4.69) is 26.7 Å². The molecule has 0 aromatic carbocycles. The Morgan fingerprint density at radius 1 is 1.05 bits per heavy atom. The van der Waals surface area contributed by atoms with Crippen LogP contribution in [0.2, 0.25) is 0 Å². The van der Waals surface area contributed by atoms with Crippen LogP contribution in [0.1, 0.15) is 32.6 Å². The Bertz CT molecular complexity index is 429. The van der Waals surface area contributed by atoms with E-state index in [1.54, 1.807) is 6.92 Å². The van der Waals surface area contributed by atoms with E-state index in [4.69, 9.17) is 4.74 Å². The Hall–Kier alpha value is -2.25. The summed E-state index contributed by atoms with van der Waals surface area (Å²) in [6.07, 6.45) is 1.63. The number of methoxy groups -OCH3 is 1. The molecule has 0 atom stereocenters. The van der Waals surface area contributed by atoms with Gasteiger partial charge in [0.05, 0.1) is 13.7 Å². The SMILES string of the molecule is C=C(OC(=O)NC1CCC(NC(=O)OC)CC1)C(=O)OCC. The van der Waals surface area contributed by atoms with Crippen LogP contribution in [-0.4, -0.2) is 44.0 Å². The molecule has 1 aliphatic rings. The normalized spacial score (nSPS) is 20.5. The maximum atomic E-state index is 11.6. The van der Waals surface area contributed by atoms with Crippen molar-refractivity contribution in [2.45, 2.75) is 44.7 Å². The molecule has 0 spiro atoms. The standard InChI is InChI=1S/C14H22N2O6/c1-4-21-12(17)9(2)22-14(19)16-11-7-5-10(6-8-11)15-13(18)20-3/h10-11H,2,4-8H2,1,3H3,(H,15,18)(H,16,19). The van der Waals surface area contributed by atoms with Gasteiger partial charge in [0.1, 0.15) is 0 Å². The summed E-state index contributed by atoms with van der Waals surface area (Å²) in [4.78, 5) is 34.0. The van der Waals surface area contributed by atoms with Crippen LogP contribution in [0.25, 0.3) is 0 Å². The summed E-state index contributed by atoms with van der Waals surface area (Å²) in [5.41, 5.74) is 0. The highest BCUT2D eigenvalue weighted by atomic mass is 16.6. The molecule has 0 saturated heterocycles. The summed E-state index contributed by atoms with van der Waals surface area (Å²) >= 11 is 0. The van der Waals surface area contributed by atoms with Crippen molar-refractivity contribution in [3.05, 3.63) is 12.3 Å². The van der Waals surface area contributed by atoms with Gasteiger partial charge in [-0.3, -0.25) is 0 Å². The molecule has 22 heavy (non-hydrogen) atoms. The van der Waals surface area contributed by atoms with Gasteiger partial charge in [0.15, 0.2) is 0 Å². The molecule has 124 valence electrons. The van der Waals surface area contributed by atoms with Crippen molar-refractivity contribution in [2.24, 2.45) is 0 Å². The van der Waals surface area contributed by atoms with Crippen LogP contribution in [-0.2, 0) is 19.0 Å². The number of amides is 2. The summed E-state index contributed by atoms with van der Waals surface area (Å²) in [7, 11) is 1.31. The molecule has 1 saturated carbocycles. The molecule has 0 heterocycles. The quantitative estimate of drug-likeness (QED) is 0.345. The van der Waals surface area contributed by atoms with Gasteiger partial charge >= 0.3 is 18.2 Å². The van der Waals surface area contributed by atoms with Crippen LogP contribution in [0.5, 0.6) is 0 Å². The minimum absolute atomic E-state index is 0.0380. The predicted octanol–water partition coefficient (Wildman–Crippen LogP) is 1.46. The molecule has 2 N–H and O–H groups in total. The Balaban J connectivity index is 2.28. The molecular weight excluding hydrogens is 292 g/mol. The summed E-state index contributed by atoms with van der Waals surface area (Å²) in [6, 6.07) is -0.0331. The van der Waals surface area contributed by atoms with Gasteiger partial charge in [-0.1, -0.05) is 0 Å². The van der Waals surface area contributed by atoms with E-state index in [0.29, 0.717) is 12.8 Å². The number of ether oxygens (including phenoxy) is 3. The van der Waals surface area contributed by atoms with Gasteiger partial charge in [0, 0.05) is 12.1 Å². The lowest BCUT2D eigenvalue weighted by atomic mass is 9.91. The minimum Gasteiger partial charge on any atom is -0.460 e. The first kappa shape index (κ1) is 17.8. The second kappa shape index (κ2) is 8.91. The molecule has 1 fully saturated rings. The van der Waals surface area contributed by atoms with Gasteiger partial charge in [-0.15, -0.1) is 0 Å². The summed E-state index contributed by atoms with van der Waals surface area (Å²) in [6.45, 7) is 5.17. The van der Waals surface area contributed by atoms with Crippen molar-refractivity contribution < 1.29 is 28.6 Å². The van der Waals surface area contributed by atoms with Gasteiger partial charge < -0.3 is 24.8 Å². The number of rotatable bonds is 5. The van der Waals surface area contributed by atoms with E-state index >= 15 is 0 Å². The highest BCUT2D eigenvalue weighted by Crippen LogP contribution is 2.19. The van der Waals surface area contributed by atoms with E-state index in [1.807, 2.05) is 0 Å². The van der Waals surface area contributed by atoms with Gasteiger partial charge in [0.2, 0.25) is 5.76 Å². The van der Waals surface area contributed by atoms with Crippen LogP contribution in [0.4, 0.5) is 9.59 Å².